The second kappa shape index (κ2) is 10.3. The SMILES string of the molecule is COc1ccc(-c2[nH]c3ccc(-c4ccnc(N5CCN(C6CCC6)CC5)c4)cc3c2C(C)C)cc1OC. The van der Waals surface area contributed by atoms with Crippen molar-refractivity contribution in [2.45, 2.75) is 45.1 Å². The number of fused-ring (bicyclic) bond motifs is 1. The first kappa shape index (κ1) is 24.8. The number of aromatic amines is 1. The van der Waals surface area contributed by atoms with Crippen LogP contribution < -0.4 is 14.4 Å². The molecule has 6 rings (SSSR count). The Bertz CT molecular complexity index is 1430. The van der Waals surface area contributed by atoms with E-state index in [2.05, 4.69) is 71.1 Å². The summed E-state index contributed by atoms with van der Waals surface area (Å²) < 4.78 is 11.0. The van der Waals surface area contributed by atoms with E-state index in [-0.39, 0.29) is 0 Å². The van der Waals surface area contributed by atoms with Gasteiger partial charge in [0.2, 0.25) is 0 Å². The Kier molecular flexibility index (Phi) is 6.75. The van der Waals surface area contributed by atoms with Gasteiger partial charge in [-0.05, 0) is 77.9 Å². The summed E-state index contributed by atoms with van der Waals surface area (Å²) in [5.74, 6) is 2.90. The zero-order chi connectivity index (χ0) is 26.2. The Hall–Kier alpha value is -3.51. The number of benzene rings is 2. The number of pyridine rings is 1. The van der Waals surface area contributed by atoms with Crippen LogP contribution in [0.5, 0.6) is 11.5 Å². The molecule has 1 aliphatic heterocycles. The molecule has 2 fully saturated rings. The van der Waals surface area contributed by atoms with Gasteiger partial charge < -0.3 is 19.4 Å². The average molecular weight is 511 g/mol. The maximum Gasteiger partial charge on any atom is 0.161 e. The standard InChI is InChI=1S/C32H38N4O2/c1-21(2)31-26-18-22(8-10-27(26)34-32(31)24-9-11-28(37-3)29(19-24)38-4)23-12-13-33-30(20-23)36-16-14-35(15-17-36)25-6-5-7-25/h8-13,18-21,25,34H,5-7,14-17H2,1-4H3. The minimum atomic E-state index is 0.349. The molecule has 6 heteroatoms. The molecule has 1 saturated carbocycles. The van der Waals surface area contributed by atoms with Crippen LogP contribution in [0.25, 0.3) is 33.3 Å². The number of H-pyrrole nitrogens is 1. The normalized spacial score (nSPS) is 16.7. The fourth-order valence-corrected chi connectivity index (χ4v) is 6.05. The predicted octanol–water partition coefficient (Wildman–Crippen LogP) is 6.71. The fraction of sp³-hybridized carbons (Fsp3) is 0.406. The summed E-state index contributed by atoms with van der Waals surface area (Å²) >= 11 is 0. The third-order valence-electron chi connectivity index (χ3n) is 8.40. The van der Waals surface area contributed by atoms with Crippen molar-refractivity contribution >= 4 is 16.7 Å². The molecule has 0 bridgehead atoms. The fourth-order valence-electron chi connectivity index (χ4n) is 6.05. The van der Waals surface area contributed by atoms with Gasteiger partial charge in [-0.1, -0.05) is 26.3 Å². The van der Waals surface area contributed by atoms with E-state index in [9.17, 15) is 0 Å². The molecule has 2 aromatic heterocycles. The molecule has 2 aromatic carbocycles. The van der Waals surface area contributed by atoms with Gasteiger partial charge >= 0.3 is 0 Å². The quantitative estimate of drug-likeness (QED) is 0.299. The van der Waals surface area contributed by atoms with Crippen LogP contribution in [-0.4, -0.2) is 61.3 Å². The smallest absolute Gasteiger partial charge is 0.161 e. The first-order valence-corrected chi connectivity index (χ1v) is 13.9. The van der Waals surface area contributed by atoms with Crippen molar-refractivity contribution in [3.05, 3.63) is 60.3 Å². The Morgan fingerprint density at radius 2 is 1.58 bits per heavy atom. The van der Waals surface area contributed by atoms with E-state index in [1.54, 1.807) is 14.2 Å². The van der Waals surface area contributed by atoms with Gasteiger partial charge in [-0.25, -0.2) is 4.98 Å². The third kappa shape index (κ3) is 4.51. The van der Waals surface area contributed by atoms with Crippen molar-refractivity contribution in [2.24, 2.45) is 0 Å². The Morgan fingerprint density at radius 3 is 2.26 bits per heavy atom. The number of hydrogen-bond acceptors (Lipinski definition) is 5. The van der Waals surface area contributed by atoms with E-state index in [0.717, 1.165) is 66.3 Å². The van der Waals surface area contributed by atoms with Crippen molar-refractivity contribution in [2.75, 3.05) is 45.3 Å². The Balaban J connectivity index is 1.32. The van der Waals surface area contributed by atoms with Crippen LogP contribution in [0.4, 0.5) is 5.82 Å². The molecule has 1 saturated heterocycles. The number of methoxy groups -OCH3 is 2. The number of piperazine rings is 1. The van der Waals surface area contributed by atoms with Crippen LogP contribution in [0.2, 0.25) is 0 Å². The minimum absolute atomic E-state index is 0.349. The van der Waals surface area contributed by atoms with Gasteiger partial charge in [-0.15, -0.1) is 0 Å². The van der Waals surface area contributed by atoms with Crippen molar-refractivity contribution in [1.82, 2.24) is 14.9 Å². The molecule has 0 atom stereocenters. The molecule has 0 amide bonds. The maximum atomic E-state index is 5.59. The molecule has 3 heterocycles. The van der Waals surface area contributed by atoms with Gasteiger partial charge in [0.1, 0.15) is 5.82 Å². The zero-order valence-electron chi connectivity index (χ0n) is 23.0. The topological polar surface area (TPSA) is 53.6 Å². The number of nitrogens with one attached hydrogen (secondary N) is 1. The van der Waals surface area contributed by atoms with Gasteiger partial charge in [0, 0.05) is 54.9 Å². The summed E-state index contributed by atoms with van der Waals surface area (Å²) in [7, 11) is 3.35. The summed E-state index contributed by atoms with van der Waals surface area (Å²) in [4.78, 5) is 13.6. The van der Waals surface area contributed by atoms with Crippen LogP contribution in [0.15, 0.2) is 54.7 Å². The minimum Gasteiger partial charge on any atom is -0.493 e. The number of anilines is 1. The van der Waals surface area contributed by atoms with Gasteiger partial charge in [-0.3, -0.25) is 4.90 Å². The Labute approximate surface area is 225 Å². The molecule has 198 valence electrons. The van der Waals surface area contributed by atoms with E-state index < -0.39 is 0 Å². The molecular weight excluding hydrogens is 472 g/mol. The number of ether oxygens (including phenoxy) is 2. The Morgan fingerprint density at radius 1 is 0.842 bits per heavy atom. The molecular formula is C32H38N4O2. The van der Waals surface area contributed by atoms with Crippen molar-refractivity contribution in [3.63, 3.8) is 0 Å². The lowest BCUT2D eigenvalue weighted by molar-refractivity contribution is 0.120. The lowest BCUT2D eigenvalue weighted by Gasteiger charge is -2.43. The van der Waals surface area contributed by atoms with Crippen molar-refractivity contribution in [3.8, 4) is 33.9 Å². The number of nitrogens with zero attached hydrogens (tertiary/aromatic N) is 3. The predicted molar refractivity (Wildman–Crippen MR) is 156 cm³/mol. The molecule has 1 N–H and O–H groups in total. The summed E-state index contributed by atoms with van der Waals surface area (Å²) in [5.41, 5.74) is 7.11. The third-order valence-corrected chi connectivity index (χ3v) is 8.40. The van der Waals surface area contributed by atoms with Crippen LogP contribution in [-0.2, 0) is 0 Å². The molecule has 4 aromatic rings. The zero-order valence-corrected chi connectivity index (χ0v) is 23.0. The van der Waals surface area contributed by atoms with Crippen LogP contribution >= 0.6 is 0 Å². The van der Waals surface area contributed by atoms with E-state index in [0.29, 0.717) is 5.92 Å². The van der Waals surface area contributed by atoms with Crippen molar-refractivity contribution < 1.29 is 9.47 Å². The lowest BCUT2D eigenvalue weighted by atomic mass is 9.91. The summed E-state index contributed by atoms with van der Waals surface area (Å²) in [6.45, 7) is 8.90. The first-order chi connectivity index (χ1) is 18.6. The van der Waals surface area contributed by atoms with E-state index in [1.165, 1.54) is 41.3 Å². The molecule has 38 heavy (non-hydrogen) atoms. The lowest BCUT2D eigenvalue weighted by Crippen LogP contribution is -2.52. The largest absolute Gasteiger partial charge is 0.493 e. The maximum absolute atomic E-state index is 5.59. The molecule has 0 spiro atoms. The van der Waals surface area contributed by atoms with E-state index in [1.807, 2.05) is 12.3 Å². The number of aromatic nitrogens is 2. The molecule has 2 aliphatic rings. The highest BCUT2D eigenvalue weighted by Crippen LogP contribution is 2.40. The van der Waals surface area contributed by atoms with Gasteiger partial charge in [0.25, 0.3) is 0 Å². The number of hydrogen-bond donors (Lipinski definition) is 1. The summed E-state index contributed by atoms with van der Waals surface area (Å²) in [6, 6.07) is 18.1. The van der Waals surface area contributed by atoms with Crippen LogP contribution in [0.1, 0.15) is 44.6 Å². The summed E-state index contributed by atoms with van der Waals surface area (Å²) in [5, 5.41) is 1.26. The molecule has 0 radical (unpaired) electrons. The van der Waals surface area contributed by atoms with Crippen molar-refractivity contribution in [1.29, 1.82) is 0 Å². The highest BCUT2D eigenvalue weighted by Gasteiger charge is 2.28. The van der Waals surface area contributed by atoms with E-state index >= 15 is 0 Å². The first-order valence-electron chi connectivity index (χ1n) is 13.9. The highest BCUT2D eigenvalue weighted by molar-refractivity contribution is 5.94. The second-order valence-corrected chi connectivity index (χ2v) is 10.9. The molecule has 6 nitrogen and oxygen atoms in total. The average Bonchev–Trinajstić information content (AvgIpc) is 3.31. The van der Waals surface area contributed by atoms with Crippen LogP contribution in [0.3, 0.4) is 0 Å². The molecule has 0 unspecified atom stereocenters. The van der Waals surface area contributed by atoms with Gasteiger partial charge in [-0.2, -0.15) is 0 Å². The van der Waals surface area contributed by atoms with E-state index in [4.69, 9.17) is 14.5 Å². The monoisotopic (exact) mass is 510 g/mol. The number of rotatable bonds is 7. The molecule has 1 aliphatic carbocycles. The van der Waals surface area contributed by atoms with Gasteiger partial charge in [0.05, 0.1) is 19.9 Å². The van der Waals surface area contributed by atoms with Crippen LogP contribution in [0, 0.1) is 0 Å². The highest BCUT2D eigenvalue weighted by atomic mass is 16.5. The summed E-state index contributed by atoms with van der Waals surface area (Å²) in [6.07, 6.45) is 6.11. The second-order valence-electron chi connectivity index (χ2n) is 10.9. The van der Waals surface area contributed by atoms with Gasteiger partial charge in [0.15, 0.2) is 11.5 Å².